The van der Waals surface area contributed by atoms with Gasteiger partial charge in [0.2, 0.25) is 0 Å². The number of piperazine rings is 1. The minimum absolute atomic E-state index is 0.127. The fourth-order valence-corrected chi connectivity index (χ4v) is 3.85. The van der Waals surface area contributed by atoms with E-state index in [0.717, 1.165) is 31.6 Å². The van der Waals surface area contributed by atoms with E-state index >= 15 is 0 Å². The Balaban J connectivity index is 1.58. The summed E-state index contributed by atoms with van der Waals surface area (Å²) in [5, 5.41) is 9.74. The molecule has 0 aromatic heterocycles. The number of nitrogens with zero attached hydrogens (tertiary/aromatic N) is 2. The van der Waals surface area contributed by atoms with Gasteiger partial charge in [0, 0.05) is 25.2 Å². The normalized spacial score (nSPS) is 20.2. The molecule has 0 aliphatic carbocycles. The highest BCUT2D eigenvalue weighted by molar-refractivity contribution is 5.93. The molecule has 6 heteroatoms. The molecule has 3 rings (SSSR count). The minimum atomic E-state index is -0.726. The van der Waals surface area contributed by atoms with Gasteiger partial charge in [-0.25, -0.2) is 9.28 Å². The Labute approximate surface area is 148 Å². The highest BCUT2D eigenvalue weighted by Gasteiger charge is 2.49. The van der Waals surface area contributed by atoms with Crippen molar-refractivity contribution in [2.45, 2.75) is 39.3 Å². The van der Waals surface area contributed by atoms with Gasteiger partial charge in [0.15, 0.2) is 0 Å². The number of hydrogen-bond acceptors (Lipinski definition) is 4. The van der Waals surface area contributed by atoms with Crippen molar-refractivity contribution in [1.82, 2.24) is 4.90 Å². The molecule has 1 aromatic carbocycles. The second kappa shape index (κ2) is 6.42. The summed E-state index contributed by atoms with van der Waals surface area (Å²) in [5.74, 6) is -0.234. The highest BCUT2D eigenvalue weighted by atomic mass is 16.5. The van der Waals surface area contributed by atoms with Crippen LogP contribution in [0.25, 0.3) is 0 Å². The summed E-state index contributed by atoms with van der Waals surface area (Å²) < 4.78 is 5.17. The molecule has 1 amide bonds. The van der Waals surface area contributed by atoms with Crippen molar-refractivity contribution >= 4 is 12.1 Å². The first-order chi connectivity index (χ1) is 11.7. The van der Waals surface area contributed by atoms with Crippen molar-refractivity contribution in [2.24, 2.45) is 0 Å². The van der Waals surface area contributed by atoms with Gasteiger partial charge in [-0.2, -0.15) is 4.79 Å². The van der Waals surface area contributed by atoms with E-state index in [0.29, 0.717) is 25.3 Å². The van der Waals surface area contributed by atoms with Crippen LogP contribution < -0.4 is 0 Å². The molecule has 1 aromatic rings. The number of carboxylic acid groups (broad SMARTS) is 1. The van der Waals surface area contributed by atoms with Crippen LogP contribution in [0.2, 0.25) is 0 Å². The maximum absolute atomic E-state index is 11.9. The lowest BCUT2D eigenvalue weighted by Gasteiger charge is -2.48. The summed E-state index contributed by atoms with van der Waals surface area (Å²) in [6.45, 7) is 10.1. The minimum Gasteiger partial charge on any atom is -0.457 e. The average molecular weight is 347 g/mol. The first-order valence-electron chi connectivity index (χ1n) is 8.85. The van der Waals surface area contributed by atoms with Gasteiger partial charge >= 0.3 is 12.1 Å². The van der Waals surface area contributed by atoms with E-state index in [2.05, 4.69) is 11.0 Å². The maximum Gasteiger partial charge on any atom is 0.514 e. The lowest BCUT2D eigenvalue weighted by Crippen LogP contribution is -2.69. The molecule has 2 heterocycles. The summed E-state index contributed by atoms with van der Waals surface area (Å²) in [6.07, 6.45) is 0.166. The van der Waals surface area contributed by atoms with Gasteiger partial charge < -0.3 is 9.84 Å². The standard InChI is InChI=1S/C19H26N2O4/c1-19(2,3)21(18(23)24)10-8-20(9-11-21)7-6-14-4-5-16-15(12-14)13-25-17(16)22/h4-5,12H,6-11,13H2,1-3H3/p+1. The topological polar surface area (TPSA) is 66.8 Å². The molecule has 0 atom stereocenters. The number of ether oxygens (including phenoxy) is 1. The summed E-state index contributed by atoms with van der Waals surface area (Å²) in [6, 6.07) is 5.89. The summed E-state index contributed by atoms with van der Waals surface area (Å²) in [5.41, 5.74) is 2.54. The first-order valence-corrected chi connectivity index (χ1v) is 8.85. The van der Waals surface area contributed by atoms with Crippen LogP contribution in [0.1, 0.15) is 42.3 Å². The van der Waals surface area contributed by atoms with Gasteiger partial charge in [0.1, 0.15) is 25.2 Å². The molecule has 0 bridgehead atoms. The zero-order valence-corrected chi connectivity index (χ0v) is 15.2. The van der Waals surface area contributed by atoms with Crippen LogP contribution >= 0.6 is 0 Å². The van der Waals surface area contributed by atoms with Crippen molar-refractivity contribution in [2.75, 3.05) is 32.7 Å². The Kier molecular flexibility index (Phi) is 4.60. The molecule has 136 valence electrons. The summed E-state index contributed by atoms with van der Waals surface area (Å²) >= 11 is 0. The lowest BCUT2D eigenvalue weighted by molar-refractivity contribution is -0.907. The Morgan fingerprint density at radius 1 is 1.28 bits per heavy atom. The molecule has 1 fully saturated rings. The van der Waals surface area contributed by atoms with Gasteiger partial charge in [0.05, 0.1) is 5.56 Å². The summed E-state index contributed by atoms with van der Waals surface area (Å²) in [7, 11) is 0. The van der Waals surface area contributed by atoms with E-state index in [4.69, 9.17) is 4.74 Å². The molecule has 1 saturated heterocycles. The predicted octanol–water partition coefficient (Wildman–Crippen LogP) is 2.51. The number of fused-ring (bicyclic) bond motifs is 1. The molecule has 25 heavy (non-hydrogen) atoms. The van der Waals surface area contributed by atoms with E-state index in [-0.39, 0.29) is 16.0 Å². The molecular weight excluding hydrogens is 320 g/mol. The molecule has 2 aliphatic heterocycles. The Hall–Kier alpha value is -1.92. The number of rotatable bonds is 3. The Bertz CT molecular complexity index is 685. The van der Waals surface area contributed by atoms with E-state index in [1.54, 1.807) is 0 Å². The van der Waals surface area contributed by atoms with Crippen molar-refractivity contribution in [1.29, 1.82) is 0 Å². The van der Waals surface area contributed by atoms with Crippen molar-refractivity contribution in [3.63, 3.8) is 0 Å². The zero-order valence-electron chi connectivity index (χ0n) is 15.2. The van der Waals surface area contributed by atoms with Crippen LogP contribution in [0.3, 0.4) is 0 Å². The molecular formula is C19H27N2O4+. The largest absolute Gasteiger partial charge is 0.514 e. The lowest BCUT2D eigenvalue weighted by atomic mass is 9.99. The fraction of sp³-hybridized carbons (Fsp3) is 0.579. The van der Waals surface area contributed by atoms with E-state index in [1.165, 1.54) is 5.56 Å². The number of benzene rings is 1. The van der Waals surface area contributed by atoms with Crippen molar-refractivity contribution < 1.29 is 23.9 Å². The molecule has 0 spiro atoms. The number of esters is 1. The van der Waals surface area contributed by atoms with E-state index in [1.807, 2.05) is 32.9 Å². The Morgan fingerprint density at radius 2 is 1.96 bits per heavy atom. The van der Waals surface area contributed by atoms with E-state index < -0.39 is 6.09 Å². The van der Waals surface area contributed by atoms with Gasteiger partial charge in [-0.15, -0.1) is 0 Å². The van der Waals surface area contributed by atoms with Crippen LogP contribution in [0.5, 0.6) is 0 Å². The third-order valence-electron chi connectivity index (χ3n) is 5.71. The van der Waals surface area contributed by atoms with Crippen LogP contribution in [0.4, 0.5) is 4.79 Å². The SMILES string of the molecule is CC(C)(C)[N+]1(C(=O)O)CCN(CCc2ccc3c(c2)COC3=O)CC1. The third-order valence-corrected chi connectivity index (χ3v) is 5.71. The smallest absolute Gasteiger partial charge is 0.457 e. The number of carbonyl (C=O) groups excluding carboxylic acids is 1. The van der Waals surface area contributed by atoms with Crippen LogP contribution in [0.15, 0.2) is 18.2 Å². The second-order valence-electron chi connectivity index (χ2n) is 8.03. The van der Waals surface area contributed by atoms with E-state index in [9.17, 15) is 14.7 Å². The quantitative estimate of drug-likeness (QED) is 0.672. The van der Waals surface area contributed by atoms with Gasteiger partial charge in [-0.3, -0.25) is 4.90 Å². The molecule has 2 aliphatic rings. The van der Waals surface area contributed by atoms with Crippen LogP contribution in [0, 0.1) is 0 Å². The second-order valence-corrected chi connectivity index (χ2v) is 8.03. The fourth-order valence-electron chi connectivity index (χ4n) is 3.85. The van der Waals surface area contributed by atoms with Crippen LogP contribution in [-0.4, -0.2) is 64.8 Å². The molecule has 6 nitrogen and oxygen atoms in total. The van der Waals surface area contributed by atoms with Gasteiger partial charge in [-0.05, 0) is 38.8 Å². The number of carbonyl (C=O) groups is 2. The first kappa shape index (κ1) is 17.9. The predicted molar refractivity (Wildman–Crippen MR) is 93.5 cm³/mol. The monoisotopic (exact) mass is 347 g/mol. The Morgan fingerprint density at radius 3 is 2.56 bits per heavy atom. The van der Waals surface area contributed by atoms with Gasteiger partial charge in [-0.1, -0.05) is 12.1 Å². The van der Waals surface area contributed by atoms with Crippen LogP contribution in [-0.2, 0) is 17.8 Å². The summed E-state index contributed by atoms with van der Waals surface area (Å²) in [4.78, 5) is 25.7. The average Bonchev–Trinajstić information content (AvgIpc) is 2.93. The number of amides is 1. The number of hydrogen-bond donors (Lipinski definition) is 1. The number of quaternary nitrogens is 1. The number of cyclic esters (lactones) is 1. The molecule has 1 N–H and O–H groups in total. The van der Waals surface area contributed by atoms with Gasteiger partial charge in [0.25, 0.3) is 0 Å². The zero-order chi connectivity index (χ0) is 18.2. The third kappa shape index (κ3) is 3.28. The highest BCUT2D eigenvalue weighted by Crippen LogP contribution is 2.28. The molecule has 0 unspecified atom stereocenters. The molecule has 0 radical (unpaired) electrons. The van der Waals surface area contributed by atoms with Crippen molar-refractivity contribution in [3.8, 4) is 0 Å². The maximum atomic E-state index is 11.9. The van der Waals surface area contributed by atoms with Crippen molar-refractivity contribution in [3.05, 3.63) is 34.9 Å². The molecule has 0 saturated carbocycles.